The second-order valence-electron chi connectivity index (χ2n) is 8.68. The Morgan fingerprint density at radius 1 is 1.03 bits per heavy atom. The predicted octanol–water partition coefficient (Wildman–Crippen LogP) is 3.61. The SMILES string of the molecule is COc1cc(C(=O)N(CCC2CCCN2C)Cc2ccc3c(c2)OCCO3)cc(OC)c1OC. The summed E-state index contributed by atoms with van der Waals surface area (Å²) < 4.78 is 27.8. The van der Waals surface area contributed by atoms with Crippen LogP contribution in [0.25, 0.3) is 0 Å². The number of carbonyl (C=O) groups excluding carboxylic acids is 1. The summed E-state index contributed by atoms with van der Waals surface area (Å²) in [6.07, 6.45) is 3.27. The lowest BCUT2D eigenvalue weighted by Crippen LogP contribution is -2.35. The van der Waals surface area contributed by atoms with E-state index in [2.05, 4.69) is 11.9 Å². The normalized spacial score (nSPS) is 17.4. The molecule has 4 rings (SSSR count). The Kier molecular flexibility index (Phi) is 7.67. The Balaban J connectivity index is 1.61. The van der Waals surface area contributed by atoms with Gasteiger partial charge in [-0.05, 0) is 62.7 Å². The standard InChI is InChI=1S/C26H34N2O6/c1-27-10-5-6-20(27)9-11-28(17-18-7-8-21-22(14-18)34-13-12-33-21)26(29)19-15-23(30-2)25(32-4)24(16-19)31-3/h7-8,14-16,20H,5-6,9-13,17H2,1-4H3. The number of benzene rings is 2. The van der Waals surface area contributed by atoms with Gasteiger partial charge in [0.1, 0.15) is 13.2 Å². The van der Waals surface area contributed by atoms with Gasteiger partial charge in [-0.2, -0.15) is 0 Å². The highest BCUT2D eigenvalue weighted by Gasteiger charge is 2.26. The molecule has 1 unspecified atom stereocenters. The third-order valence-electron chi connectivity index (χ3n) is 6.58. The molecule has 0 radical (unpaired) electrons. The van der Waals surface area contributed by atoms with E-state index in [1.807, 2.05) is 23.1 Å². The van der Waals surface area contributed by atoms with E-state index >= 15 is 0 Å². The molecular formula is C26H34N2O6. The van der Waals surface area contributed by atoms with E-state index in [9.17, 15) is 4.79 Å². The number of hydrogen-bond donors (Lipinski definition) is 0. The molecule has 0 saturated carbocycles. The number of nitrogens with zero attached hydrogens (tertiary/aromatic N) is 2. The van der Waals surface area contributed by atoms with E-state index in [1.165, 1.54) is 6.42 Å². The van der Waals surface area contributed by atoms with Crippen molar-refractivity contribution in [1.29, 1.82) is 0 Å². The van der Waals surface area contributed by atoms with Crippen molar-refractivity contribution in [2.45, 2.75) is 31.8 Å². The summed E-state index contributed by atoms with van der Waals surface area (Å²) in [4.78, 5) is 18.0. The molecule has 2 aliphatic rings. The van der Waals surface area contributed by atoms with Gasteiger partial charge in [0.15, 0.2) is 23.0 Å². The predicted molar refractivity (Wildman–Crippen MR) is 129 cm³/mol. The fraction of sp³-hybridized carbons (Fsp3) is 0.500. The number of amides is 1. The maximum absolute atomic E-state index is 13.8. The van der Waals surface area contributed by atoms with Crippen LogP contribution >= 0.6 is 0 Å². The van der Waals surface area contributed by atoms with Crippen molar-refractivity contribution in [1.82, 2.24) is 9.80 Å². The van der Waals surface area contributed by atoms with Gasteiger partial charge in [-0.1, -0.05) is 6.07 Å². The molecule has 0 aromatic heterocycles. The molecule has 2 aromatic rings. The highest BCUT2D eigenvalue weighted by atomic mass is 16.6. The molecule has 2 aromatic carbocycles. The van der Waals surface area contributed by atoms with Gasteiger partial charge < -0.3 is 33.5 Å². The zero-order valence-corrected chi connectivity index (χ0v) is 20.5. The number of rotatable bonds is 9. The van der Waals surface area contributed by atoms with Crippen LogP contribution in [0.2, 0.25) is 0 Å². The van der Waals surface area contributed by atoms with E-state index in [0.717, 1.165) is 36.4 Å². The molecule has 1 amide bonds. The second kappa shape index (κ2) is 10.9. The smallest absolute Gasteiger partial charge is 0.254 e. The first kappa shape index (κ1) is 24.0. The Morgan fingerprint density at radius 3 is 2.35 bits per heavy atom. The molecule has 1 saturated heterocycles. The molecule has 184 valence electrons. The Morgan fingerprint density at radius 2 is 1.74 bits per heavy atom. The number of ether oxygens (including phenoxy) is 5. The van der Waals surface area contributed by atoms with Crippen LogP contribution in [0.1, 0.15) is 35.2 Å². The van der Waals surface area contributed by atoms with E-state index in [-0.39, 0.29) is 5.91 Å². The lowest BCUT2D eigenvalue weighted by Gasteiger charge is -2.28. The van der Waals surface area contributed by atoms with Crippen LogP contribution in [0.5, 0.6) is 28.7 Å². The lowest BCUT2D eigenvalue weighted by atomic mass is 10.1. The first-order valence-corrected chi connectivity index (χ1v) is 11.7. The summed E-state index contributed by atoms with van der Waals surface area (Å²) in [5.74, 6) is 2.76. The molecular weight excluding hydrogens is 436 g/mol. The number of methoxy groups -OCH3 is 3. The minimum atomic E-state index is -0.0882. The first-order valence-electron chi connectivity index (χ1n) is 11.7. The number of hydrogen-bond acceptors (Lipinski definition) is 7. The monoisotopic (exact) mass is 470 g/mol. The van der Waals surface area contributed by atoms with Crippen molar-refractivity contribution in [3.63, 3.8) is 0 Å². The molecule has 1 fully saturated rings. The molecule has 0 spiro atoms. The summed E-state index contributed by atoms with van der Waals surface area (Å²) in [5, 5.41) is 0. The maximum atomic E-state index is 13.8. The van der Waals surface area contributed by atoms with Crippen molar-refractivity contribution in [3.8, 4) is 28.7 Å². The summed E-state index contributed by atoms with van der Waals surface area (Å²) in [5.41, 5.74) is 1.48. The van der Waals surface area contributed by atoms with Crippen LogP contribution in [0.3, 0.4) is 0 Å². The van der Waals surface area contributed by atoms with Gasteiger partial charge >= 0.3 is 0 Å². The van der Waals surface area contributed by atoms with E-state index in [0.29, 0.717) is 55.2 Å². The quantitative estimate of drug-likeness (QED) is 0.555. The molecule has 0 bridgehead atoms. The minimum Gasteiger partial charge on any atom is -0.493 e. The van der Waals surface area contributed by atoms with Crippen LogP contribution in [-0.2, 0) is 6.54 Å². The Labute approximate surface area is 201 Å². The van der Waals surface area contributed by atoms with Gasteiger partial charge in [-0.3, -0.25) is 4.79 Å². The Hall–Kier alpha value is -3.13. The van der Waals surface area contributed by atoms with Crippen LogP contribution in [-0.4, -0.2) is 76.4 Å². The largest absolute Gasteiger partial charge is 0.493 e. The molecule has 8 heteroatoms. The Bertz CT molecular complexity index is 986. The van der Waals surface area contributed by atoms with Gasteiger partial charge in [0, 0.05) is 24.7 Å². The summed E-state index contributed by atoms with van der Waals surface area (Å²) in [6.45, 7) is 3.28. The van der Waals surface area contributed by atoms with Gasteiger partial charge in [-0.25, -0.2) is 0 Å². The highest BCUT2D eigenvalue weighted by molar-refractivity contribution is 5.95. The zero-order valence-electron chi connectivity index (χ0n) is 20.5. The fourth-order valence-electron chi connectivity index (χ4n) is 4.69. The summed E-state index contributed by atoms with van der Waals surface area (Å²) >= 11 is 0. The third-order valence-corrected chi connectivity index (χ3v) is 6.58. The number of carbonyl (C=O) groups is 1. The molecule has 1 atom stereocenters. The molecule has 0 N–H and O–H groups in total. The zero-order chi connectivity index (χ0) is 24.1. The number of fused-ring (bicyclic) bond motifs is 1. The second-order valence-corrected chi connectivity index (χ2v) is 8.68. The van der Waals surface area contributed by atoms with Crippen LogP contribution < -0.4 is 23.7 Å². The van der Waals surface area contributed by atoms with Crippen LogP contribution in [0, 0.1) is 0 Å². The van der Waals surface area contributed by atoms with Gasteiger partial charge in [0.2, 0.25) is 5.75 Å². The first-order chi connectivity index (χ1) is 16.5. The van der Waals surface area contributed by atoms with Crippen molar-refractivity contribution < 1.29 is 28.5 Å². The van der Waals surface area contributed by atoms with Gasteiger partial charge in [0.05, 0.1) is 21.3 Å². The fourth-order valence-corrected chi connectivity index (χ4v) is 4.69. The summed E-state index contributed by atoms with van der Waals surface area (Å²) in [7, 11) is 6.81. The topological polar surface area (TPSA) is 69.7 Å². The van der Waals surface area contributed by atoms with Crippen LogP contribution in [0.4, 0.5) is 0 Å². The van der Waals surface area contributed by atoms with Crippen molar-refractivity contribution in [2.24, 2.45) is 0 Å². The molecule has 2 aliphatic heterocycles. The lowest BCUT2D eigenvalue weighted by molar-refractivity contribution is 0.0728. The summed E-state index contributed by atoms with van der Waals surface area (Å²) in [6, 6.07) is 9.77. The van der Waals surface area contributed by atoms with Crippen LogP contribution in [0.15, 0.2) is 30.3 Å². The highest BCUT2D eigenvalue weighted by Crippen LogP contribution is 2.39. The van der Waals surface area contributed by atoms with E-state index in [4.69, 9.17) is 23.7 Å². The van der Waals surface area contributed by atoms with Gasteiger partial charge in [-0.15, -0.1) is 0 Å². The molecule has 2 heterocycles. The van der Waals surface area contributed by atoms with E-state index < -0.39 is 0 Å². The van der Waals surface area contributed by atoms with Crippen molar-refractivity contribution in [3.05, 3.63) is 41.5 Å². The average Bonchev–Trinajstić information content (AvgIpc) is 3.29. The molecule has 8 nitrogen and oxygen atoms in total. The molecule has 34 heavy (non-hydrogen) atoms. The minimum absolute atomic E-state index is 0.0882. The number of likely N-dealkylation sites (tertiary alicyclic amines) is 1. The van der Waals surface area contributed by atoms with Crippen molar-refractivity contribution >= 4 is 5.91 Å². The van der Waals surface area contributed by atoms with Gasteiger partial charge in [0.25, 0.3) is 5.91 Å². The third kappa shape index (κ3) is 5.17. The molecule has 0 aliphatic carbocycles. The van der Waals surface area contributed by atoms with E-state index in [1.54, 1.807) is 33.5 Å². The average molecular weight is 471 g/mol. The maximum Gasteiger partial charge on any atom is 0.254 e. The van der Waals surface area contributed by atoms with Crippen molar-refractivity contribution in [2.75, 3.05) is 54.7 Å².